The van der Waals surface area contributed by atoms with Crippen molar-refractivity contribution in [2.75, 3.05) is 7.11 Å². The van der Waals surface area contributed by atoms with Gasteiger partial charge in [0, 0.05) is 6.04 Å². The normalized spacial score (nSPS) is 24.6. The minimum absolute atomic E-state index is 0.402. The molecule has 3 heteroatoms. The molecule has 2 rings (SSSR count). The van der Waals surface area contributed by atoms with Gasteiger partial charge in [-0.1, -0.05) is 25.3 Å². The average molecular weight is 312 g/mol. The molecule has 0 aliphatic heterocycles. The summed E-state index contributed by atoms with van der Waals surface area (Å²) in [6, 6.07) is 6.78. The molecule has 100 valence electrons. The monoisotopic (exact) mass is 311 g/mol. The lowest BCUT2D eigenvalue weighted by molar-refractivity contribution is 0.410. The summed E-state index contributed by atoms with van der Waals surface area (Å²) in [7, 11) is 1.70. The lowest BCUT2D eigenvalue weighted by atomic mass is 9.91. The summed E-state index contributed by atoms with van der Waals surface area (Å²) in [6.07, 6.45) is 7.44. The van der Waals surface area contributed by atoms with Gasteiger partial charge in [-0.2, -0.15) is 0 Å². The van der Waals surface area contributed by atoms with E-state index in [9.17, 15) is 0 Å². The maximum absolute atomic E-state index is 6.13. The van der Waals surface area contributed by atoms with Crippen LogP contribution in [0.15, 0.2) is 22.7 Å². The van der Waals surface area contributed by atoms with Gasteiger partial charge >= 0.3 is 0 Å². The van der Waals surface area contributed by atoms with E-state index in [1.807, 2.05) is 6.07 Å². The zero-order valence-electron chi connectivity index (χ0n) is 11.0. The van der Waals surface area contributed by atoms with E-state index in [0.717, 1.165) is 22.6 Å². The van der Waals surface area contributed by atoms with Crippen LogP contribution >= 0.6 is 15.9 Å². The van der Waals surface area contributed by atoms with Crippen LogP contribution in [0.1, 0.15) is 37.7 Å². The molecule has 0 radical (unpaired) electrons. The highest BCUT2D eigenvalue weighted by Gasteiger charge is 2.18. The fraction of sp³-hybridized carbons (Fsp3) is 0.600. The van der Waals surface area contributed by atoms with Crippen molar-refractivity contribution in [1.29, 1.82) is 0 Å². The van der Waals surface area contributed by atoms with Crippen molar-refractivity contribution in [2.45, 2.75) is 44.6 Å². The quantitative estimate of drug-likeness (QED) is 0.859. The van der Waals surface area contributed by atoms with Crippen molar-refractivity contribution in [3.05, 3.63) is 28.2 Å². The summed E-state index contributed by atoms with van der Waals surface area (Å²) >= 11 is 3.55. The van der Waals surface area contributed by atoms with Crippen molar-refractivity contribution in [2.24, 2.45) is 11.7 Å². The molecule has 0 bridgehead atoms. The number of hydrogen-bond acceptors (Lipinski definition) is 2. The van der Waals surface area contributed by atoms with Gasteiger partial charge < -0.3 is 10.5 Å². The second-order valence-electron chi connectivity index (χ2n) is 5.32. The van der Waals surface area contributed by atoms with E-state index in [1.54, 1.807) is 7.11 Å². The van der Waals surface area contributed by atoms with E-state index < -0.39 is 0 Å². The molecule has 0 aromatic heterocycles. The molecule has 0 heterocycles. The van der Waals surface area contributed by atoms with Gasteiger partial charge in [0.25, 0.3) is 0 Å². The van der Waals surface area contributed by atoms with Gasteiger partial charge in [-0.15, -0.1) is 0 Å². The third-order valence-electron chi connectivity index (χ3n) is 3.81. The van der Waals surface area contributed by atoms with Gasteiger partial charge in [-0.3, -0.25) is 0 Å². The van der Waals surface area contributed by atoms with Gasteiger partial charge in [0.2, 0.25) is 0 Å². The molecule has 1 aliphatic carbocycles. The third-order valence-corrected chi connectivity index (χ3v) is 4.43. The van der Waals surface area contributed by atoms with Gasteiger partial charge in [0.05, 0.1) is 11.6 Å². The fourth-order valence-electron chi connectivity index (χ4n) is 2.86. The Kier molecular flexibility index (Phi) is 5.07. The van der Waals surface area contributed by atoms with Gasteiger partial charge in [0.1, 0.15) is 5.75 Å². The number of benzene rings is 1. The predicted octanol–water partition coefficient (Wildman–Crippen LogP) is 3.91. The molecule has 2 nitrogen and oxygen atoms in total. The molecule has 2 unspecified atom stereocenters. The smallest absolute Gasteiger partial charge is 0.133 e. The standard InChI is InChI=1S/C15H22BrNO/c1-18-15-7-6-12(10-14(15)16)8-11-4-2-3-5-13(17)9-11/h6-7,10-11,13H,2-5,8-9,17H2,1H3. The first-order valence-electron chi connectivity index (χ1n) is 6.77. The van der Waals surface area contributed by atoms with E-state index >= 15 is 0 Å². The first-order valence-corrected chi connectivity index (χ1v) is 7.56. The Morgan fingerprint density at radius 1 is 1.33 bits per heavy atom. The number of halogens is 1. The first-order chi connectivity index (χ1) is 8.69. The van der Waals surface area contributed by atoms with Crippen LogP contribution in [0.3, 0.4) is 0 Å². The first kappa shape index (κ1) is 13.9. The minimum atomic E-state index is 0.402. The Morgan fingerprint density at radius 3 is 2.83 bits per heavy atom. The highest BCUT2D eigenvalue weighted by molar-refractivity contribution is 9.10. The summed E-state index contributed by atoms with van der Waals surface area (Å²) in [5.74, 6) is 1.64. The number of hydrogen-bond donors (Lipinski definition) is 1. The molecule has 1 aromatic rings. The maximum atomic E-state index is 6.13. The molecule has 2 atom stereocenters. The predicted molar refractivity (Wildman–Crippen MR) is 78.9 cm³/mol. The van der Waals surface area contributed by atoms with Gasteiger partial charge in [-0.25, -0.2) is 0 Å². The van der Waals surface area contributed by atoms with Crippen molar-refractivity contribution in [3.8, 4) is 5.75 Å². The molecule has 0 spiro atoms. The molecule has 0 saturated heterocycles. The van der Waals surface area contributed by atoms with Crippen LogP contribution in [0.4, 0.5) is 0 Å². The summed E-state index contributed by atoms with van der Waals surface area (Å²) in [6.45, 7) is 0. The second kappa shape index (κ2) is 6.58. The molecule has 1 aliphatic rings. The Hall–Kier alpha value is -0.540. The van der Waals surface area contributed by atoms with Crippen molar-refractivity contribution in [1.82, 2.24) is 0 Å². The SMILES string of the molecule is COc1ccc(CC2CCCCC(N)C2)cc1Br. The van der Waals surface area contributed by atoms with Crippen LogP contribution in [0.5, 0.6) is 5.75 Å². The fourth-order valence-corrected chi connectivity index (χ4v) is 3.45. The van der Waals surface area contributed by atoms with E-state index in [4.69, 9.17) is 10.5 Å². The molecule has 1 saturated carbocycles. The second-order valence-corrected chi connectivity index (χ2v) is 6.17. The van der Waals surface area contributed by atoms with E-state index in [2.05, 4.69) is 28.1 Å². The average Bonchev–Trinajstić information content (AvgIpc) is 2.54. The molecule has 1 fully saturated rings. The van der Waals surface area contributed by atoms with Crippen molar-refractivity contribution < 1.29 is 4.74 Å². The molecule has 18 heavy (non-hydrogen) atoms. The molecule has 1 aromatic carbocycles. The van der Waals surface area contributed by atoms with Crippen LogP contribution in [0.2, 0.25) is 0 Å². The summed E-state index contributed by atoms with van der Waals surface area (Å²) in [5, 5.41) is 0. The molecular formula is C15H22BrNO. The van der Waals surface area contributed by atoms with E-state index in [-0.39, 0.29) is 0 Å². The van der Waals surface area contributed by atoms with Gasteiger partial charge in [0.15, 0.2) is 0 Å². The summed E-state index contributed by atoms with van der Waals surface area (Å²) in [5.41, 5.74) is 7.50. The van der Waals surface area contributed by atoms with Crippen molar-refractivity contribution in [3.63, 3.8) is 0 Å². The zero-order chi connectivity index (χ0) is 13.0. The Labute approximate surface area is 118 Å². The Morgan fingerprint density at radius 2 is 2.11 bits per heavy atom. The lowest BCUT2D eigenvalue weighted by Crippen LogP contribution is -2.22. The highest BCUT2D eigenvalue weighted by atomic mass is 79.9. The topological polar surface area (TPSA) is 35.2 Å². The van der Waals surface area contributed by atoms with E-state index in [1.165, 1.54) is 37.7 Å². The van der Waals surface area contributed by atoms with Crippen LogP contribution in [-0.2, 0) is 6.42 Å². The lowest BCUT2D eigenvalue weighted by Gasteiger charge is -2.17. The number of rotatable bonds is 3. The Bertz CT molecular complexity index is 394. The minimum Gasteiger partial charge on any atom is -0.496 e. The zero-order valence-corrected chi connectivity index (χ0v) is 12.6. The number of ether oxygens (including phenoxy) is 1. The maximum Gasteiger partial charge on any atom is 0.133 e. The van der Waals surface area contributed by atoms with Crippen molar-refractivity contribution >= 4 is 15.9 Å². The molecular weight excluding hydrogens is 290 g/mol. The highest BCUT2D eigenvalue weighted by Crippen LogP contribution is 2.29. The molecule has 0 amide bonds. The van der Waals surface area contributed by atoms with Crippen LogP contribution in [-0.4, -0.2) is 13.2 Å². The van der Waals surface area contributed by atoms with E-state index in [0.29, 0.717) is 6.04 Å². The van der Waals surface area contributed by atoms with Crippen LogP contribution in [0.25, 0.3) is 0 Å². The summed E-state index contributed by atoms with van der Waals surface area (Å²) < 4.78 is 6.30. The number of nitrogens with two attached hydrogens (primary N) is 1. The van der Waals surface area contributed by atoms with Crippen LogP contribution in [0, 0.1) is 5.92 Å². The van der Waals surface area contributed by atoms with Gasteiger partial charge in [-0.05, 0) is 58.8 Å². The van der Waals surface area contributed by atoms with Crippen LogP contribution < -0.4 is 10.5 Å². The largest absolute Gasteiger partial charge is 0.496 e. The summed E-state index contributed by atoms with van der Waals surface area (Å²) in [4.78, 5) is 0. The third kappa shape index (κ3) is 3.72. The Balaban J connectivity index is 2.01. The number of methoxy groups -OCH3 is 1. The molecule has 2 N–H and O–H groups in total.